The first kappa shape index (κ1) is 17.5. The molecule has 0 saturated carbocycles. The van der Waals surface area contributed by atoms with Gasteiger partial charge in [-0.1, -0.05) is 44.4 Å². The van der Waals surface area contributed by atoms with Crippen molar-refractivity contribution in [3.63, 3.8) is 0 Å². The van der Waals surface area contributed by atoms with E-state index in [9.17, 15) is 0 Å². The third-order valence-corrected chi connectivity index (χ3v) is 4.56. The number of hydrogen-bond donors (Lipinski definition) is 0. The van der Waals surface area contributed by atoms with Gasteiger partial charge in [0, 0.05) is 0 Å². The predicted octanol–water partition coefficient (Wildman–Crippen LogP) is 5.17. The van der Waals surface area contributed by atoms with E-state index in [0.29, 0.717) is 0 Å². The van der Waals surface area contributed by atoms with Crippen molar-refractivity contribution in [1.29, 1.82) is 0 Å². The van der Waals surface area contributed by atoms with Crippen molar-refractivity contribution in [2.45, 2.75) is 48.5 Å². The Morgan fingerprint density at radius 3 is 1.61 bits per heavy atom. The van der Waals surface area contributed by atoms with Gasteiger partial charge in [0.05, 0.1) is 0 Å². The molecule has 0 aliphatic carbocycles. The number of aryl methyl sites for hydroxylation is 4. The quantitative estimate of drug-likeness (QED) is 0.460. The normalized spacial score (nSPS) is 10.2. The van der Waals surface area contributed by atoms with E-state index in [1.807, 2.05) is 0 Å². The monoisotopic (exact) mass is 276 g/mol. The molecule has 0 aliphatic heterocycles. The summed E-state index contributed by atoms with van der Waals surface area (Å²) in [6.07, 6.45) is 0. The summed E-state index contributed by atoms with van der Waals surface area (Å²) in [6.45, 7) is 15.8. The minimum absolute atomic E-state index is 0. The first-order valence-electron chi connectivity index (χ1n) is 6.00. The second-order valence-electron chi connectivity index (χ2n) is 5.12. The molecule has 1 heteroatoms. The van der Waals surface area contributed by atoms with Gasteiger partial charge in [0.25, 0.3) is 0 Å². The minimum Gasteiger partial charge on any atom is -0.358 e. The van der Waals surface area contributed by atoms with Gasteiger partial charge in [0.15, 0.2) is 0 Å². The van der Waals surface area contributed by atoms with Crippen LogP contribution in [0.2, 0.25) is 0 Å². The molecular formula is C17H24Ti. The van der Waals surface area contributed by atoms with E-state index >= 15 is 0 Å². The molecule has 0 nitrogen and oxygen atoms in total. The first-order valence-corrected chi connectivity index (χ1v) is 6.00. The Bertz CT molecular complexity index is 535. The van der Waals surface area contributed by atoms with Crippen molar-refractivity contribution >= 4 is 10.8 Å². The summed E-state index contributed by atoms with van der Waals surface area (Å²) in [5.41, 5.74) is 10.2. The maximum atomic E-state index is 2.26. The Morgan fingerprint density at radius 2 is 1.11 bits per heavy atom. The number of benzene rings is 1. The maximum Gasteiger partial charge on any atom is 2.00 e. The zero-order valence-electron chi connectivity index (χ0n) is 13.0. The fraction of sp³-hybridized carbons (Fsp3) is 0.412. The van der Waals surface area contributed by atoms with Crippen molar-refractivity contribution in [1.82, 2.24) is 0 Å². The molecule has 0 spiro atoms. The van der Waals surface area contributed by atoms with E-state index in [4.69, 9.17) is 0 Å². The fourth-order valence-electron chi connectivity index (χ4n) is 2.91. The van der Waals surface area contributed by atoms with Crippen molar-refractivity contribution < 1.29 is 21.7 Å². The summed E-state index contributed by atoms with van der Waals surface area (Å²) in [4.78, 5) is 0. The smallest absolute Gasteiger partial charge is 0.358 e. The van der Waals surface area contributed by atoms with Crippen molar-refractivity contribution in [2.75, 3.05) is 0 Å². The van der Waals surface area contributed by atoms with E-state index < -0.39 is 0 Å². The summed E-state index contributed by atoms with van der Waals surface area (Å²) in [5, 5.41) is 2.99. The second kappa shape index (κ2) is 5.67. The first-order chi connectivity index (χ1) is 7.37. The molecule has 2 aromatic carbocycles. The largest absolute Gasteiger partial charge is 2.00 e. The van der Waals surface area contributed by atoms with Crippen LogP contribution in [-0.4, -0.2) is 0 Å². The van der Waals surface area contributed by atoms with Gasteiger partial charge in [-0.05, 0) is 20.8 Å². The summed E-state index contributed by atoms with van der Waals surface area (Å²) < 4.78 is 0. The molecule has 0 saturated heterocycles. The number of hydrogen-bond acceptors (Lipinski definition) is 0. The van der Waals surface area contributed by atoms with Crippen LogP contribution in [0.4, 0.5) is 0 Å². The topological polar surface area (TPSA) is 0 Å². The Kier molecular flexibility index (Phi) is 5.53. The molecule has 2 rings (SSSR count). The van der Waals surface area contributed by atoms with Gasteiger partial charge < -0.3 is 7.43 Å². The van der Waals surface area contributed by atoms with E-state index in [-0.39, 0.29) is 29.1 Å². The Morgan fingerprint density at radius 1 is 0.667 bits per heavy atom. The van der Waals surface area contributed by atoms with Gasteiger partial charge in [-0.25, -0.2) is 0 Å². The van der Waals surface area contributed by atoms with Crippen molar-refractivity contribution in [3.8, 4) is 0 Å². The van der Waals surface area contributed by atoms with Gasteiger partial charge in [-0.3, -0.25) is 0 Å². The van der Waals surface area contributed by atoms with Crippen molar-refractivity contribution in [3.05, 3.63) is 46.4 Å². The maximum absolute atomic E-state index is 2.26. The zero-order valence-corrected chi connectivity index (χ0v) is 14.6. The molecule has 0 fully saturated rings. The van der Waals surface area contributed by atoms with Crippen LogP contribution < -0.4 is 0 Å². The Labute approximate surface area is 127 Å². The molecule has 0 atom stereocenters. The van der Waals surface area contributed by atoms with Crippen LogP contribution in [0.1, 0.15) is 38.9 Å². The van der Waals surface area contributed by atoms with Crippen LogP contribution in [-0.2, 0) is 21.7 Å². The zero-order chi connectivity index (χ0) is 12.2. The molecule has 0 aliphatic rings. The van der Waals surface area contributed by atoms with Crippen LogP contribution >= 0.6 is 0 Å². The molecule has 0 aromatic heterocycles. The molecule has 0 unspecified atom stereocenters. The molecule has 2 aromatic rings. The molecule has 0 heterocycles. The van der Waals surface area contributed by atoms with Gasteiger partial charge in [0.1, 0.15) is 0 Å². The Hall–Kier alpha value is -0.456. The molecule has 18 heavy (non-hydrogen) atoms. The SMILES string of the molecule is Cc1c(C)c(C)c2c(c1C)c(C)c(C)[c-]2C.[CH3-].[Ti+2]. The average molecular weight is 276 g/mol. The minimum atomic E-state index is 0. The van der Waals surface area contributed by atoms with Gasteiger partial charge >= 0.3 is 21.7 Å². The van der Waals surface area contributed by atoms with E-state index in [1.54, 1.807) is 0 Å². The summed E-state index contributed by atoms with van der Waals surface area (Å²) in [7, 11) is 0. The third-order valence-electron chi connectivity index (χ3n) is 4.56. The summed E-state index contributed by atoms with van der Waals surface area (Å²) >= 11 is 0. The molecule has 0 radical (unpaired) electrons. The Balaban J connectivity index is 0.00000144. The number of rotatable bonds is 0. The summed E-state index contributed by atoms with van der Waals surface area (Å²) in [5.74, 6) is 0. The van der Waals surface area contributed by atoms with Crippen LogP contribution in [0.5, 0.6) is 0 Å². The summed E-state index contributed by atoms with van der Waals surface area (Å²) in [6, 6.07) is 0. The standard InChI is InChI=1S/C16H21.CH3.Ti/c1-8-9(2)12(5)16-14(7)10(3)13(6)15(16)11(8)4;;/h1-7H3;1H3;/q2*-1;+2. The van der Waals surface area contributed by atoms with Crippen LogP contribution in [0.15, 0.2) is 0 Å². The van der Waals surface area contributed by atoms with Gasteiger partial charge in [0.2, 0.25) is 0 Å². The number of fused-ring (bicyclic) bond motifs is 1. The molecular weight excluding hydrogens is 252 g/mol. The molecule has 0 bridgehead atoms. The third kappa shape index (κ3) is 2.10. The van der Waals surface area contributed by atoms with Crippen LogP contribution in [0.25, 0.3) is 10.8 Å². The van der Waals surface area contributed by atoms with E-state index in [1.165, 1.54) is 49.7 Å². The van der Waals surface area contributed by atoms with E-state index in [2.05, 4.69) is 48.5 Å². The average Bonchev–Trinajstić information content (AvgIpc) is 2.48. The van der Waals surface area contributed by atoms with Gasteiger partial charge in [-0.2, -0.15) is 5.56 Å². The predicted molar refractivity (Wildman–Crippen MR) is 79.1 cm³/mol. The second-order valence-corrected chi connectivity index (χ2v) is 5.12. The van der Waals surface area contributed by atoms with Gasteiger partial charge in [-0.15, -0.1) is 27.5 Å². The van der Waals surface area contributed by atoms with Crippen LogP contribution in [0.3, 0.4) is 0 Å². The molecule has 96 valence electrons. The molecule has 0 N–H and O–H groups in total. The van der Waals surface area contributed by atoms with Crippen LogP contribution in [0, 0.1) is 55.9 Å². The van der Waals surface area contributed by atoms with E-state index in [0.717, 1.165) is 0 Å². The fourth-order valence-corrected chi connectivity index (χ4v) is 2.91. The van der Waals surface area contributed by atoms with Crippen molar-refractivity contribution in [2.24, 2.45) is 0 Å². The molecule has 0 amide bonds.